The van der Waals surface area contributed by atoms with Crippen LogP contribution in [-0.2, 0) is 0 Å². The molecule has 0 radical (unpaired) electrons. The second-order valence-corrected chi connectivity index (χ2v) is 5.56. The molecular weight excluding hydrogens is 275 g/mol. The number of nitrogens with one attached hydrogen (secondary N) is 1. The lowest BCUT2D eigenvalue weighted by atomic mass is 10.1. The number of aliphatic hydroxyl groups is 1. The van der Waals surface area contributed by atoms with Gasteiger partial charge in [0, 0.05) is 0 Å². The topological polar surface area (TPSA) is 48.9 Å². The largest absolute Gasteiger partial charge is 0.389 e. The van der Waals surface area contributed by atoms with Gasteiger partial charge in [0.25, 0.3) is 0 Å². The monoisotopic (exact) mass is 288 g/mol. The van der Waals surface area contributed by atoms with E-state index in [4.69, 9.17) is 0 Å². The van der Waals surface area contributed by atoms with Crippen molar-refractivity contribution in [1.29, 1.82) is 0 Å². The Balaban J connectivity index is 1.90. The van der Waals surface area contributed by atoms with Gasteiger partial charge in [-0.25, -0.2) is 9.37 Å². The molecule has 1 heterocycles. The summed E-state index contributed by atoms with van der Waals surface area (Å²) in [5, 5.41) is 10.1. The van der Waals surface area contributed by atoms with E-state index >= 15 is 0 Å². The van der Waals surface area contributed by atoms with Crippen molar-refractivity contribution in [3.63, 3.8) is 0 Å². The predicted octanol–water partition coefficient (Wildman–Crippen LogP) is 3.91. The van der Waals surface area contributed by atoms with E-state index < -0.39 is 6.10 Å². The molecule has 1 aromatic heterocycles. The molecule has 0 aliphatic heterocycles. The summed E-state index contributed by atoms with van der Waals surface area (Å²) in [6.45, 7) is 1.61. The number of benzene rings is 2. The Hall–Kier alpha value is -1.85. The normalized spacial score (nSPS) is 12.8. The van der Waals surface area contributed by atoms with Crippen molar-refractivity contribution in [1.82, 2.24) is 9.97 Å². The van der Waals surface area contributed by atoms with E-state index in [0.717, 1.165) is 11.0 Å². The van der Waals surface area contributed by atoms with Crippen molar-refractivity contribution >= 4 is 22.8 Å². The highest BCUT2D eigenvalue weighted by Gasteiger charge is 2.10. The van der Waals surface area contributed by atoms with E-state index in [1.165, 1.54) is 17.8 Å². The van der Waals surface area contributed by atoms with E-state index in [-0.39, 0.29) is 5.82 Å². The van der Waals surface area contributed by atoms with Gasteiger partial charge in [0.2, 0.25) is 0 Å². The lowest BCUT2D eigenvalue weighted by Crippen LogP contribution is -1.93. The highest BCUT2D eigenvalue weighted by molar-refractivity contribution is 7.99. The maximum absolute atomic E-state index is 14.0. The average molecular weight is 288 g/mol. The number of H-pyrrole nitrogens is 1. The van der Waals surface area contributed by atoms with Crippen LogP contribution < -0.4 is 0 Å². The van der Waals surface area contributed by atoms with Crippen molar-refractivity contribution < 1.29 is 9.50 Å². The molecule has 0 fully saturated rings. The van der Waals surface area contributed by atoms with Gasteiger partial charge in [-0.1, -0.05) is 18.2 Å². The fourth-order valence-electron chi connectivity index (χ4n) is 1.94. The molecule has 0 unspecified atom stereocenters. The smallest absolute Gasteiger partial charge is 0.171 e. The lowest BCUT2D eigenvalue weighted by Gasteiger charge is -2.06. The molecule has 1 atom stereocenters. The minimum Gasteiger partial charge on any atom is -0.389 e. The van der Waals surface area contributed by atoms with Crippen molar-refractivity contribution in [2.24, 2.45) is 0 Å². The molecule has 0 bridgehead atoms. The van der Waals surface area contributed by atoms with Crippen LogP contribution in [0.15, 0.2) is 52.5 Å². The van der Waals surface area contributed by atoms with Crippen molar-refractivity contribution in [3.05, 3.63) is 53.8 Å². The molecular formula is C15H13FN2OS. The first-order valence-electron chi connectivity index (χ1n) is 6.23. The summed E-state index contributed by atoms with van der Waals surface area (Å²) in [4.78, 5) is 8.02. The Morgan fingerprint density at radius 3 is 2.75 bits per heavy atom. The number of halogens is 1. The van der Waals surface area contributed by atoms with Gasteiger partial charge < -0.3 is 10.1 Å². The SMILES string of the molecule is C[C@H](O)c1ccc(Sc2nc3ccccc3[nH]2)c(F)c1. The van der Waals surface area contributed by atoms with Crippen LogP contribution in [0.3, 0.4) is 0 Å². The highest BCUT2D eigenvalue weighted by atomic mass is 32.2. The third-order valence-electron chi connectivity index (χ3n) is 3.01. The van der Waals surface area contributed by atoms with Gasteiger partial charge in [0.15, 0.2) is 5.16 Å². The number of imidazole rings is 1. The zero-order chi connectivity index (χ0) is 14.1. The summed E-state index contributed by atoms with van der Waals surface area (Å²) >= 11 is 1.24. The number of hydrogen-bond donors (Lipinski definition) is 2. The maximum Gasteiger partial charge on any atom is 0.171 e. The van der Waals surface area contributed by atoms with E-state index in [1.54, 1.807) is 19.1 Å². The molecule has 0 saturated heterocycles. The Morgan fingerprint density at radius 2 is 2.05 bits per heavy atom. The number of fused-ring (bicyclic) bond motifs is 1. The third-order valence-corrected chi connectivity index (χ3v) is 3.95. The van der Waals surface area contributed by atoms with Crippen LogP contribution in [0.2, 0.25) is 0 Å². The standard InChI is InChI=1S/C15H13FN2OS/c1-9(19)10-6-7-14(11(16)8-10)20-15-17-12-4-2-3-5-13(12)18-15/h2-9,19H,1H3,(H,17,18)/t9-/m0/s1. The summed E-state index contributed by atoms with van der Waals surface area (Å²) in [6.07, 6.45) is -0.672. The molecule has 102 valence electrons. The molecule has 0 saturated carbocycles. The summed E-state index contributed by atoms with van der Waals surface area (Å²) < 4.78 is 14.0. The number of hydrogen-bond acceptors (Lipinski definition) is 3. The number of aromatic amines is 1. The second kappa shape index (κ2) is 5.26. The molecule has 0 aliphatic carbocycles. The van der Waals surface area contributed by atoms with Crippen molar-refractivity contribution in [2.75, 3.05) is 0 Å². The zero-order valence-electron chi connectivity index (χ0n) is 10.8. The van der Waals surface area contributed by atoms with Crippen LogP contribution >= 0.6 is 11.8 Å². The Morgan fingerprint density at radius 1 is 1.25 bits per heavy atom. The van der Waals surface area contributed by atoms with E-state index in [2.05, 4.69) is 9.97 Å². The maximum atomic E-state index is 14.0. The third kappa shape index (κ3) is 2.55. The van der Waals surface area contributed by atoms with Gasteiger partial charge in [-0.15, -0.1) is 0 Å². The molecule has 2 aromatic carbocycles. The Labute approximate surface area is 119 Å². The van der Waals surface area contributed by atoms with Crippen LogP contribution in [0, 0.1) is 5.82 Å². The summed E-state index contributed by atoms with van der Waals surface area (Å²) in [5.41, 5.74) is 2.35. The highest BCUT2D eigenvalue weighted by Crippen LogP contribution is 2.30. The number of para-hydroxylation sites is 2. The van der Waals surface area contributed by atoms with E-state index in [1.807, 2.05) is 24.3 Å². The van der Waals surface area contributed by atoms with Crippen LogP contribution in [-0.4, -0.2) is 15.1 Å². The minimum atomic E-state index is -0.672. The number of aliphatic hydroxyl groups excluding tert-OH is 1. The first kappa shape index (κ1) is 13.1. The van der Waals surface area contributed by atoms with Crippen LogP contribution in [0.1, 0.15) is 18.6 Å². The van der Waals surface area contributed by atoms with Crippen LogP contribution in [0.4, 0.5) is 4.39 Å². The van der Waals surface area contributed by atoms with E-state index in [9.17, 15) is 9.50 Å². The van der Waals surface area contributed by atoms with Crippen molar-refractivity contribution in [2.45, 2.75) is 23.1 Å². The van der Waals surface area contributed by atoms with Crippen LogP contribution in [0.5, 0.6) is 0 Å². The summed E-state index contributed by atoms with van der Waals surface area (Å²) in [6, 6.07) is 12.4. The molecule has 3 rings (SSSR count). The van der Waals surface area contributed by atoms with Crippen LogP contribution in [0.25, 0.3) is 11.0 Å². The quantitative estimate of drug-likeness (QED) is 0.768. The summed E-state index contributed by atoms with van der Waals surface area (Å²) in [7, 11) is 0. The molecule has 0 aliphatic rings. The number of aromatic nitrogens is 2. The second-order valence-electron chi connectivity index (χ2n) is 4.53. The first-order chi connectivity index (χ1) is 9.63. The summed E-state index contributed by atoms with van der Waals surface area (Å²) in [5.74, 6) is -0.353. The lowest BCUT2D eigenvalue weighted by molar-refractivity contribution is 0.198. The van der Waals surface area contributed by atoms with Gasteiger partial charge >= 0.3 is 0 Å². The van der Waals surface area contributed by atoms with Gasteiger partial charge in [0.1, 0.15) is 5.82 Å². The molecule has 0 amide bonds. The fraction of sp³-hybridized carbons (Fsp3) is 0.133. The van der Waals surface area contributed by atoms with Gasteiger partial charge in [0.05, 0.1) is 22.0 Å². The molecule has 20 heavy (non-hydrogen) atoms. The van der Waals surface area contributed by atoms with E-state index in [0.29, 0.717) is 15.6 Å². The number of nitrogens with zero attached hydrogens (tertiary/aromatic N) is 1. The van der Waals surface area contributed by atoms with Gasteiger partial charge in [-0.05, 0) is 48.5 Å². The average Bonchev–Trinajstić information content (AvgIpc) is 2.83. The molecule has 5 heteroatoms. The van der Waals surface area contributed by atoms with Gasteiger partial charge in [-0.2, -0.15) is 0 Å². The molecule has 3 aromatic rings. The fourth-order valence-corrected chi connectivity index (χ4v) is 2.75. The Kier molecular flexibility index (Phi) is 3.46. The minimum absolute atomic E-state index is 0.353. The molecule has 3 nitrogen and oxygen atoms in total. The molecule has 2 N–H and O–H groups in total. The predicted molar refractivity (Wildman–Crippen MR) is 77.3 cm³/mol. The zero-order valence-corrected chi connectivity index (χ0v) is 11.6. The van der Waals surface area contributed by atoms with Gasteiger partial charge in [-0.3, -0.25) is 0 Å². The molecule has 0 spiro atoms. The number of rotatable bonds is 3. The Bertz CT molecular complexity index is 721. The first-order valence-corrected chi connectivity index (χ1v) is 7.05. The van der Waals surface area contributed by atoms with Crippen molar-refractivity contribution in [3.8, 4) is 0 Å².